The normalized spacial score (nSPS) is 29.5. The summed E-state index contributed by atoms with van der Waals surface area (Å²) in [5.74, 6) is -0.522. The van der Waals surface area contributed by atoms with E-state index in [1.807, 2.05) is 13.8 Å². The highest BCUT2D eigenvalue weighted by Crippen LogP contribution is 2.59. The predicted octanol–water partition coefficient (Wildman–Crippen LogP) is 6.63. The summed E-state index contributed by atoms with van der Waals surface area (Å²) < 4.78 is 44.4. The number of hydrogen-bond donors (Lipinski definition) is 1. The molecule has 2 aliphatic heterocycles. The molecular formula is C34H63BO8Si. The lowest BCUT2D eigenvalue weighted by Gasteiger charge is -2.62. The van der Waals surface area contributed by atoms with Crippen LogP contribution < -0.4 is 0 Å². The molecule has 2 atom stereocenters. The maximum atomic E-state index is 13.3. The van der Waals surface area contributed by atoms with Crippen LogP contribution in [0.4, 0.5) is 0 Å². The Kier molecular flexibility index (Phi) is 10.8. The highest BCUT2D eigenvalue weighted by molar-refractivity contribution is 6.74. The Bertz CT molecular complexity index is 991. The van der Waals surface area contributed by atoms with E-state index in [1.165, 1.54) is 5.47 Å². The summed E-state index contributed by atoms with van der Waals surface area (Å²) in [7, 11) is -3.15. The second-order valence-electron chi connectivity index (χ2n) is 16.5. The molecule has 254 valence electrons. The van der Waals surface area contributed by atoms with Gasteiger partial charge in [-0.3, -0.25) is 0 Å². The third-order valence-electron chi connectivity index (χ3n) is 11.7. The lowest BCUT2D eigenvalue weighted by atomic mass is 9.62. The van der Waals surface area contributed by atoms with E-state index in [9.17, 15) is 5.11 Å². The topological polar surface area (TPSA) is 84.8 Å². The fraction of sp³-hybridized carbons (Fsp3) is 0.941. The van der Waals surface area contributed by atoms with Crippen molar-refractivity contribution < 1.29 is 37.8 Å². The molecule has 2 unspecified atom stereocenters. The molecule has 0 bridgehead atoms. The second-order valence-corrected chi connectivity index (χ2v) is 20.5. The van der Waals surface area contributed by atoms with E-state index in [1.54, 1.807) is 0 Å². The fourth-order valence-corrected chi connectivity index (χ4v) is 12.7. The third-order valence-corrected chi connectivity index (χ3v) is 15.6. The van der Waals surface area contributed by atoms with Crippen molar-refractivity contribution in [3.8, 4) is 0 Å². The van der Waals surface area contributed by atoms with Crippen molar-refractivity contribution in [2.45, 2.75) is 143 Å². The summed E-state index contributed by atoms with van der Waals surface area (Å²) in [5.41, 5.74) is -0.601. The molecule has 2 saturated heterocycles. The summed E-state index contributed by atoms with van der Waals surface area (Å²) in [6.07, 6.45) is 7.96. The molecule has 0 radical (unpaired) electrons. The molecule has 0 amide bonds. The Morgan fingerprint density at radius 2 is 1.39 bits per heavy atom. The Hall–Kier alpha value is -0.298. The van der Waals surface area contributed by atoms with Crippen molar-refractivity contribution in [2.24, 2.45) is 16.2 Å². The van der Waals surface area contributed by atoms with E-state index in [0.29, 0.717) is 46.2 Å². The van der Waals surface area contributed by atoms with Crippen LogP contribution in [-0.4, -0.2) is 89.0 Å². The molecule has 4 rings (SSSR count). The van der Waals surface area contributed by atoms with Crippen molar-refractivity contribution >= 4 is 15.4 Å². The monoisotopic (exact) mass is 638 g/mol. The molecule has 2 aliphatic carbocycles. The van der Waals surface area contributed by atoms with E-state index in [0.717, 1.165) is 44.9 Å². The molecule has 3 fully saturated rings. The Morgan fingerprint density at radius 1 is 0.841 bits per heavy atom. The number of aliphatic hydroxyl groups is 1. The lowest BCUT2D eigenvalue weighted by Crippen LogP contribution is -2.74. The van der Waals surface area contributed by atoms with Gasteiger partial charge in [-0.1, -0.05) is 26.8 Å². The summed E-state index contributed by atoms with van der Waals surface area (Å²) in [4.78, 5) is 0. The molecule has 0 aromatic heterocycles. The molecule has 44 heavy (non-hydrogen) atoms. The number of hydrogen-bond acceptors (Lipinski definition) is 8. The molecule has 1 N–H and O–H groups in total. The van der Waals surface area contributed by atoms with Gasteiger partial charge in [-0.2, -0.15) is 0 Å². The van der Waals surface area contributed by atoms with Crippen molar-refractivity contribution in [2.75, 3.05) is 46.2 Å². The first kappa shape index (κ1) is 36.5. The van der Waals surface area contributed by atoms with Gasteiger partial charge in [-0.25, -0.2) is 0 Å². The van der Waals surface area contributed by atoms with E-state index < -0.39 is 30.2 Å². The van der Waals surface area contributed by atoms with Crippen LogP contribution in [0.25, 0.3) is 0 Å². The zero-order chi connectivity index (χ0) is 32.7. The summed E-state index contributed by atoms with van der Waals surface area (Å²) >= 11 is 0. The third kappa shape index (κ3) is 6.68. The van der Waals surface area contributed by atoms with Crippen molar-refractivity contribution in [3.05, 3.63) is 11.5 Å². The number of ether oxygens (including phenoxy) is 4. The van der Waals surface area contributed by atoms with Crippen molar-refractivity contribution in [3.63, 3.8) is 0 Å². The van der Waals surface area contributed by atoms with Crippen LogP contribution in [0.3, 0.4) is 0 Å². The van der Waals surface area contributed by atoms with Gasteiger partial charge in [-0.15, -0.1) is 0 Å². The van der Waals surface area contributed by atoms with Gasteiger partial charge in [0.15, 0.2) is 5.79 Å². The second kappa shape index (κ2) is 13.0. The van der Waals surface area contributed by atoms with Crippen LogP contribution in [0.1, 0.15) is 107 Å². The smallest absolute Gasteiger partial charge is 0.414 e. The Labute approximate surface area is 269 Å². The van der Waals surface area contributed by atoms with Gasteiger partial charge in [0.2, 0.25) is 8.32 Å². The molecule has 4 aliphatic rings. The van der Waals surface area contributed by atoms with Gasteiger partial charge in [-0.05, 0) is 97.6 Å². The molecule has 1 saturated carbocycles. The Morgan fingerprint density at radius 3 is 1.86 bits per heavy atom. The molecule has 0 aromatic rings. The van der Waals surface area contributed by atoms with Gasteiger partial charge in [0.1, 0.15) is 0 Å². The van der Waals surface area contributed by atoms with Gasteiger partial charge in [0.25, 0.3) is 0 Å². The van der Waals surface area contributed by atoms with Crippen LogP contribution >= 0.6 is 0 Å². The molecule has 1 spiro atoms. The van der Waals surface area contributed by atoms with Crippen LogP contribution in [0.15, 0.2) is 11.5 Å². The van der Waals surface area contributed by atoms with E-state index in [-0.39, 0.29) is 23.7 Å². The van der Waals surface area contributed by atoms with E-state index in [4.69, 9.17) is 32.7 Å². The molecular weight excluding hydrogens is 575 g/mol. The average molecular weight is 639 g/mol. The quantitative estimate of drug-likeness (QED) is 0.239. The van der Waals surface area contributed by atoms with E-state index in [2.05, 4.69) is 67.6 Å². The van der Waals surface area contributed by atoms with Crippen LogP contribution in [-0.2, 0) is 32.7 Å². The highest BCUT2D eigenvalue weighted by atomic mass is 28.4. The molecule has 0 aromatic carbocycles. The first-order valence-corrected chi connectivity index (χ1v) is 20.1. The van der Waals surface area contributed by atoms with Crippen LogP contribution in [0.2, 0.25) is 13.1 Å². The van der Waals surface area contributed by atoms with Crippen molar-refractivity contribution in [1.29, 1.82) is 0 Å². The maximum absolute atomic E-state index is 13.3. The first-order chi connectivity index (χ1) is 20.3. The molecule has 10 heteroatoms. The van der Waals surface area contributed by atoms with Crippen molar-refractivity contribution in [1.82, 2.24) is 0 Å². The van der Waals surface area contributed by atoms with Crippen LogP contribution in [0, 0.1) is 16.2 Å². The van der Waals surface area contributed by atoms with Gasteiger partial charge < -0.3 is 37.8 Å². The standard InChI is InChI=1S/C34H63BO8Si/c1-12-37-24-31(16-14-27(15-17-31)35-42-29(6,7)30(8,9)43-35)25-41-44(10,11)34(36,28(3,4)5)32(26-38-13-2)18-20-33(21-19-32)39-22-23-40-33/h14,36H,12-13,15-26H2,1-11H3. The predicted molar refractivity (Wildman–Crippen MR) is 177 cm³/mol. The molecule has 8 nitrogen and oxygen atoms in total. The van der Waals surface area contributed by atoms with E-state index >= 15 is 0 Å². The zero-order valence-electron chi connectivity index (χ0n) is 29.9. The number of rotatable bonds is 12. The SMILES string of the molecule is CCOCC1(CO[Si](C)(C)C(O)(C(C)(C)C)C2(COCC)CCC3(CC2)OCCO3)CC=C(B2OC(C)(C)C(C)(C)O2)CC1. The van der Waals surface area contributed by atoms with Gasteiger partial charge >= 0.3 is 7.12 Å². The minimum atomic E-state index is -2.84. The molecule has 2 heterocycles. The summed E-state index contributed by atoms with van der Waals surface area (Å²) in [5, 5.41) is 12.2. The zero-order valence-corrected chi connectivity index (χ0v) is 30.9. The lowest BCUT2D eigenvalue weighted by molar-refractivity contribution is -0.228. The summed E-state index contributed by atoms with van der Waals surface area (Å²) in [6.45, 7) is 27.6. The van der Waals surface area contributed by atoms with Crippen LogP contribution in [0.5, 0.6) is 0 Å². The number of allylic oxidation sites excluding steroid dienone is 2. The largest absolute Gasteiger partial charge is 0.490 e. The minimum Gasteiger partial charge on any atom is -0.414 e. The average Bonchev–Trinajstić information content (AvgIpc) is 3.50. The minimum absolute atomic E-state index is 0.179. The van der Waals surface area contributed by atoms with Gasteiger partial charge in [0, 0.05) is 43.5 Å². The van der Waals surface area contributed by atoms with Gasteiger partial charge in [0.05, 0.1) is 42.9 Å². The maximum Gasteiger partial charge on any atom is 0.490 e. The summed E-state index contributed by atoms with van der Waals surface area (Å²) in [6, 6.07) is 0. The fourth-order valence-electron chi connectivity index (χ4n) is 8.37. The Balaban J connectivity index is 1.58. The highest BCUT2D eigenvalue weighted by Gasteiger charge is 2.68. The first-order valence-electron chi connectivity index (χ1n) is 17.2.